The highest BCUT2D eigenvalue weighted by atomic mass is 16.6. The molecule has 1 heterocycles. The number of para-hydroxylation sites is 2. The summed E-state index contributed by atoms with van der Waals surface area (Å²) in [5.74, 6) is 0.319. The normalized spacial score (nSPS) is 17.3. The van der Waals surface area contributed by atoms with Gasteiger partial charge in [-0.05, 0) is 29.8 Å². The average Bonchev–Trinajstić information content (AvgIpc) is 2.71. The molecule has 5 heteroatoms. The summed E-state index contributed by atoms with van der Waals surface area (Å²) in [5, 5.41) is 11.4. The summed E-state index contributed by atoms with van der Waals surface area (Å²) in [6.45, 7) is 0. The van der Waals surface area contributed by atoms with Gasteiger partial charge in [0.2, 0.25) is 0 Å². The molecule has 4 rings (SSSR count). The van der Waals surface area contributed by atoms with E-state index in [1.807, 2.05) is 36.4 Å². The first-order valence-corrected chi connectivity index (χ1v) is 8.45. The number of benzene rings is 3. The molecule has 0 radical (unpaired) electrons. The van der Waals surface area contributed by atoms with E-state index in [2.05, 4.69) is 0 Å². The Labute approximate surface area is 155 Å². The van der Waals surface area contributed by atoms with Gasteiger partial charge in [-0.2, -0.15) is 0 Å². The van der Waals surface area contributed by atoms with Gasteiger partial charge in [0, 0.05) is 11.6 Å². The van der Waals surface area contributed by atoms with Crippen molar-refractivity contribution in [1.29, 1.82) is 0 Å². The van der Waals surface area contributed by atoms with Crippen molar-refractivity contribution >= 4 is 17.5 Å². The molecule has 0 bridgehead atoms. The smallest absolute Gasteiger partial charge is 0.276 e. The first kappa shape index (κ1) is 16.7. The summed E-state index contributed by atoms with van der Waals surface area (Å²) in [4.78, 5) is 24.1. The lowest BCUT2D eigenvalue weighted by Gasteiger charge is -2.28. The van der Waals surface area contributed by atoms with E-state index < -0.39 is 11.0 Å². The largest absolute Gasteiger partial charge is 0.480 e. The molecule has 3 aromatic rings. The van der Waals surface area contributed by atoms with Crippen LogP contribution in [0, 0.1) is 10.1 Å². The van der Waals surface area contributed by atoms with E-state index in [4.69, 9.17) is 4.74 Å². The van der Waals surface area contributed by atoms with Gasteiger partial charge in [0.25, 0.3) is 5.69 Å². The second kappa shape index (κ2) is 6.88. The molecule has 0 fully saturated rings. The molecule has 0 spiro atoms. The third-order valence-corrected chi connectivity index (χ3v) is 4.47. The maximum Gasteiger partial charge on any atom is 0.276 e. The fraction of sp³-hybridized carbons (Fsp3) is 0.0455. The van der Waals surface area contributed by atoms with Crippen molar-refractivity contribution in [3.05, 3.63) is 111 Å². The Morgan fingerprint density at radius 3 is 2.33 bits per heavy atom. The van der Waals surface area contributed by atoms with Gasteiger partial charge in [0.05, 0.1) is 16.1 Å². The van der Waals surface area contributed by atoms with Crippen LogP contribution in [0.1, 0.15) is 27.6 Å². The molecule has 0 saturated carbocycles. The third-order valence-electron chi connectivity index (χ3n) is 4.47. The molecule has 1 aliphatic heterocycles. The van der Waals surface area contributed by atoms with Gasteiger partial charge in [-0.1, -0.05) is 54.6 Å². The van der Waals surface area contributed by atoms with E-state index in [9.17, 15) is 14.9 Å². The van der Waals surface area contributed by atoms with Gasteiger partial charge in [0.15, 0.2) is 11.9 Å². The van der Waals surface area contributed by atoms with Gasteiger partial charge < -0.3 is 4.74 Å². The van der Waals surface area contributed by atoms with Crippen molar-refractivity contribution in [2.75, 3.05) is 0 Å². The molecule has 0 saturated heterocycles. The molecule has 0 unspecified atom stereocenters. The van der Waals surface area contributed by atoms with Crippen LogP contribution in [0.3, 0.4) is 0 Å². The zero-order chi connectivity index (χ0) is 18.8. The van der Waals surface area contributed by atoms with Crippen molar-refractivity contribution in [3.63, 3.8) is 0 Å². The van der Waals surface area contributed by atoms with Crippen LogP contribution in [0.2, 0.25) is 0 Å². The van der Waals surface area contributed by atoms with Crippen molar-refractivity contribution in [2.24, 2.45) is 0 Å². The fourth-order valence-corrected chi connectivity index (χ4v) is 3.18. The summed E-state index contributed by atoms with van der Waals surface area (Å²) in [6.07, 6.45) is 0.932. The topological polar surface area (TPSA) is 69.4 Å². The predicted octanol–water partition coefficient (Wildman–Crippen LogP) is 4.99. The maximum atomic E-state index is 13.2. The minimum atomic E-state index is -0.631. The van der Waals surface area contributed by atoms with Gasteiger partial charge in [-0.25, -0.2) is 0 Å². The number of carbonyl (C=O) groups is 1. The Kier molecular flexibility index (Phi) is 4.26. The van der Waals surface area contributed by atoms with Crippen LogP contribution >= 0.6 is 0 Å². The second-order valence-electron chi connectivity index (χ2n) is 6.15. The van der Waals surface area contributed by atoms with Crippen LogP contribution < -0.4 is 4.74 Å². The summed E-state index contributed by atoms with van der Waals surface area (Å²) in [7, 11) is 0. The molecular weight excluding hydrogens is 342 g/mol. The number of nitrogens with zero attached hydrogens (tertiary/aromatic N) is 1. The standard InChI is InChI=1S/C22H15NO4/c24-21-17-11-5-7-13-20(17)27-22(15-8-2-1-3-9-15)18(21)14-16-10-4-6-12-19(16)23(25)26/h1-14,22H/b18-14+/t22-/m0/s1. The number of carbonyl (C=O) groups excluding carboxylic acids is 1. The Bertz CT molecular complexity index is 1060. The number of Topliss-reactive ketones (excluding diaryl/α,β-unsaturated/α-hetero) is 1. The summed E-state index contributed by atoms with van der Waals surface area (Å²) in [5.41, 5.74) is 1.95. The lowest BCUT2D eigenvalue weighted by Crippen LogP contribution is -2.23. The lowest BCUT2D eigenvalue weighted by molar-refractivity contribution is -0.385. The van der Waals surface area contributed by atoms with Crippen LogP contribution in [0.4, 0.5) is 5.69 Å². The minimum Gasteiger partial charge on any atom is -0.480 e. The second-order valence-corrected chi connectivity index (χ2v) is 6.15. The number of nitro benzene ring substituents is 1. The average molecular weight is 357 g/mol. The molecule has 0 aromatic heterocycles. The van der Waals surface area contributed by atoms with E-state index >= 15 is 0 Å². The monoisotopic (exact) mass is 357 g/mol. The number of ether oxygens (including phenoxy) is 1. The number of ketones is 1. The van der Waals surface area contributed by atoms with Gasteiger partial charge >= 0.3 is 0 Å². The number of fused-ring (bicyclic) bond motifs is 1. The van der Waals surface area contributed by atoms with E-state index in [1.54, 1.807) is 42.5 Å². The van der Waals surface area contributed by atoms with Crippen LogP contribution in [-0.2, 0) is 0 Å². The van der Waals surface area contributed by atoms with E-state index in [0.29, 0.717) is 22.4 Å². The zero-order valence-electron chi connectivity index (χ0n) is 14.2. The molecule has 1 aliphatic rings. The lowest BCUT2D eigenvalue weighted by atomic mass is 9.89. The molecule has 0 N–H and O–H groups in total. The van der Waals surface area contributed by atoms with Crippen LogP contribution in [-0.4, -0.2) is 10.7 Å². The highest BCUT2D eigenvalue weighted by molar-refractivity contribution is 6.14. The summed E-state index contributed by atoms with van der Waals surface area (Å²) < 4.78 is 6.11. The van der Waals surface area contributed by atoms with Gasteiger partial charge in [-0.3, -0.25) is 14.9 Å². The first-order chi connectivity index (χ1) is 13.1. The van der Waals surface area contributed by atoms with E-state index in [0.717, 1.165) is 5.56 Å². The van der Waals surface area contributed by atoms with Gasteiger partial charge in [0.1, 0.15) is 5.75 Å². The van der Waals surface area contributed by atoms with E-state index in [1.165, 1.54) is 6.07 Å². The maximum absolute atomic E-state index is 13.2. The molecule has 5 nitrogen and oxygen atoms in total. The zero-order valence-corrected chi connectivity index (χ0v) is 14.2. The number of hydrogen-bond acceptors (Lipinski definition) is 4. The Hall–Kier alpha value is -3.73. The SMILES string of the molecule is O=C1/C(=C\c2ccccc2[N+](=O)[O-])[C@H](c2ccccc2)Oc2ccccc21. The molecule has 1 atom stereocenters. The minimum absolute atomic E-state index is 0.0523. The molecule has 132 valence electrons. The fourth-order valence-electron chi connectivity index (χ4n) is 3.18. The highest BCUT2D eigenvalue weighted by Crippen LogP contribution is 2.39. The molecule has 0 aliphatic carbocycles. The number of nitro groups is 1. The van der Waals surface area contributed by atoms with Crippen molar-refractivity contribution in [2.45, 2.75) is 6.10 Å². The van der Waals surface area contributed by atoms with Crippen molar-refractivity contribution < 1.29 is 14.5 Å². The summed E-state index contributed by atoms with van der Waals surface area (Å²) >= 11 is 0. The van der Waals surface area contributed by atoms with E-state index in [-0.39, 0.29) is 11.5 Å². The Balaban J connectivity index is 1.90. The highest BCUT2D eigenvalue weighted by Gasteiger charge is 2.33. The summed E-state index contributed by atoms with van der Waals surface area (Å²) in [6, 6.07) is 22.8. The predicted molar refractivity (Wildman–Crippen MR) is 102 cm³/mol. The molecule has 27 heavy (non-hydrogen) atoms. The van der Waals surface area contributed by atoms with Crippen LogP contribution in [0.15, 0.2) is 84.4 Å². The Morgan fingerprint density at radius 1 is 0.889 bits per heavy atom. The first-order valence-electron chi connectivity index (χ1n) is 8.45. The Morgan fingerprint density at radius 2 is 1.56 bits per heavy atom. The molecule has 0 amide bonds. The van der Waals surface area contributed by atoms with Crippen LogP contribution in [0.5, 0.6) is 5.75 Å². The quantitative estimate of drug-likeness (QED) is 0.376. The molecule has 3 aromatic carbocycles. The third kappa shape index (κ3) is 3.11. The van der Waals surface area contributed by atoms with Gasteiger partial charge in [-0.15, -0.1) is 0 Å². The number of hydrogen-bond donors (Lipinski definition) is 0. The van der Waals surface area contributed by atoms with Crippen molar-refractivity contribution in [1.82, 2.24) is 0 Å². The van der Waals surface area contributed by atoms with Crippen molar-refractivity contribution in [3.8, 4) is 5.75 Å². The van der Waals surface area contributed by atoms with Crippen LogP contribution in [0.25, 0.3) is 6.08 Å². The molecular formula is C22H15NO4. The number of rotatable bonds is 3.